The molecule has 3 atom stereocenters. The van der Waals surface area contributed by atoms with Crippen LogP contribution in [0, 0.1) is 0 Å². The number of benzene rings is 6. The summed E-state index contributed by atoms with van der Waals surface area (Å²) in [6.07, 6.45) is -5.32. The molecular weight excluding hydrogens is 767 g/mol. The average molecular weight is 806 g/mol. The van der Waals surface area contributed by atoms with Gasteiger partial charge in [0.05, 0.1) is 27.8 Å². The lowest BCUT2D eigenvalue weighted by atomic mass is 10.0. The number of nitrogens with zero attached hydrogens (tertiary/aromatic N) is 1. The van der Waals surface area contributed by atoms with Gasteiger partial charge in [-0.15, -0.1) is 0 Å². The second-order valence-corrected chi connectivity index (χ2v) is 13.0. The first-order valence-corrected chi connectivity index (χ1v) is 18.8. The van der Waals surface area contributed by atoms with Crippen LogP contribution < -0.4 is 0 Å². The zero-order valence-corrected chi connectivity index (χ0v) is 32.1. The molecule has 0 bridgehead atoms. The lowest BCUT2D eigenvalue weighted by Gasteiger charge is -2.32. The van der Waals surface area contributed by atoms with Crippen molar-refractivity contribution >= 4 is 35.6 Å². The van der Waals surface area contributed by atoms with Gasteiger partial charge in [-0.3, -0.25) is 0 Å². The third-order valence-corrected chi connectivity index (χ3v) is 8.76. The highest BCUT2D eigenvalue weighted by Crippen LogP contribution is 2.22. The zero-order valence-electron chi connectivity index (χ0n) is 32.1. The van der Waals surface area contributed by atoms with Gasteiger partial charge in [0.1, 0.15) is 25.5 Å². The van der Waals surface area contributed by atoms with Gasteiger partial charge < -0.3 is 28.5 Å². The Kier molecular flexibility index (Phi) is 15.0. The number of carbonyl (C=O) groups excluding carboxylic acids is 5. The maximum absolute atomic E-state index is 14.0. The Labute approximate surface area is 345 Å². The van der Waals surface area contributed by atoms with Crippen LogP contribution in [0.15, 0.2) is 187 Å². The van der Waals surface area contributed by atoms with Crippen LogP contribution in [0.5, 0.6) is 0 Å². The molecule has 12 nitrogen and oxygen atoms in total. The fraction of sp³-hybridized carbons (Fsp3) is 0.125. The van der Waals surface area contributed by atoms with Crippen LogP contribution in [-0.4, -0.2) is 67.1 Å². The van der Waals surface area contributed by atoms with Gasteiger partial charge >= 0.3 is 29.8 Å². The molecule has 0 unspecified atom stereocenters. The number of hydrogen-bond donors (Lipinski definition) is 0. The number of rotatable bonds is 18. The van der Waals surface area contributed by atoms with Crippen LogP contribution in [0.4, 0.5) is 0 Å². The lowest BCUT2D eigenvalue weighted by molar-refractivity contribution is -0.0880. The first-order chi connectivity index (χ1) is 29.4. The molecule has 0 aliphatic rings. The first-order valence-electron chi connectivity index (χ1n) is 18.8. The molecular formula is C48H39NO11. The standard InChI is InChI=1S/C48H39NO11/c50-44(35-21-9-2-10-22-35)55-32-40(49-57-31-34-19-7-1-8-20-34)42(59-47(53)38-27-15-5-16-28-38)43(60-48(54)39-29-17-6-18-30-39)41(58-46(52)37-25-13-4-14-26-37)33-56-45(51)36-23-11-3-12-24-36/h1-30,41-43H,31-33H2/t41-,42-,43-/m1/s1. The monoisotopic (exact) mass is 805 g/mol. The van der Waals surface area contributed by atoms with Crippen LogP contribution in [0.2, 0.25) is 0 Å². The number of oxime groups is 1. The molecule has 0 aliphatic carbocycles. The van der Waals surface area contributed by atoms with E-state index in [0.717, 1.165) is 0 Å². The summed E-state index contributed by atoms with van der Waals surface area (Å²) >= 11 is 0. The normalized spacial score (nSPS) is 12.4. The van der Waals surface area contributed by atoms with Gasteiger partial charge in [0, 0.05) is 0 Å². The minimum Gasteiger partial charge on any atom is -0.458 e. The van der Waals surface area contributed by atoms with Crippen LogP contribution >= 0.6 is 0 Å². The summed E-state index contributed by atoms with van der Waals surface area (Å²) in [4.78, 5) is 74.4. The van der Waals surface area contributed by atoms with Gasteiger partial charge in [0.2, 0.25) is 0 Å². The molecule has 0 saturated carbocycles. The number of hydrogen-bond acceptors (Lipinski definition) is 12. The molecule has 6 aromatic rings. The van der Waals surface area contributed by atoms with Gasteiger partial charge in [-0.25, -0.2) is 24.0 Å². The second-order valence-electron chi connectivity index (χ2n) is 13.0. The van der Waals surface area contributed by atoms with E-state index < -0.39 is 61.4 Å². The molecule has 0 fully saturated rings. The molecule has 0 radical (unpaired) electrons. The molecule has 0 heterocycles. The third kappa shape index (κ3) is 12.1. The SMILES string of the molecule is O=C(OCC(=NOCc1ccccc1)[C@@H](OC(=O)c1ccccc1)[C@H](OC(=O)c1ccccc1)[C@@H](COC(=O)c1ccccc1)OC(=O)c1ccccc1)c1ccccc1. The van der Waals surface area contributed by atoms with Gasteiger partial charge in [0.15, 0.2) is 18.3 Å². The fourth-order valence-corrected chi connectivity index (χ4v) is 5.69. The summed E-state index contributed by atoms with van der Waals surface area (Å²) in [7, 11) is 0. The fourth-order valence-electron chi connectivity index (χ4n) is 5.69. The summed E-state index contributed by atoms with van der Waals surface area (Å²) < 4.78 is 29.7. The van der Waals surface area contributed by atoms with Crippen molar-refractivity contribution in [2.45, 2.75) is 24.9 Å². The molecule has 0 aliphatic heterocycles. The Morgan fingerprint density at radius 3 is 1.23 bits per heavy atom. The van der Waals surface area contributed by atoms with Gasteiger partial charge in [-0.05, 0) is 66.2 Å². The van der Waals surface area contributed by atoms with Crippen molar-refractivity contribution in [1.82, 2.24) is 0 Å². The van der Waals surface area contributed by atoms with Crippen molar-refractivity contribution in [2.24, 2.45) is 5.16 Å². The Balaban J connectivity index is 1.47. The van der Waals surface area contributed by atoms with E-state index in [1.165, 1.54) is 48.5 Å². The van der Waals surface area contributed by atoms with Crippen LogP contribution in [0.25, 0.3) is 0 Å². The Hall–Kier alpha value is -7.86. The highest BCUT2D eigenvalue weighted by molar-refractivity contribution is 5.98. The lowest BCUT2D eigenvalue weighted by Crippen LogP contribution is -2.52. The van der Waals surface area contributed by atoms with Crippen molar-refractivity contribution < 1.29 is 52.5 Å². The first kappa shape index (κ1) is 41.8. The summed E-state index contributed by atoms with van der Waals surface area (Å²) in [5.74, 6) is -4.29. The molecule has 0 amide bonds. The van der Waals surface area contributed by atoms with Crippen molar-refractivity contribution in [3.63, 3.8) is 0 Å². The molecule has 0 saturated heterocycles. The van der Waals surface area contributed by atoms with Crippen molar-refractivity contribution in [1.29, 1.82) is 0 Å². The van der Waals surface area contributed by atoms with Crippen LogP contribution in [0.1, 0.15) is 57.4 Å². The van der Waals surface area contributed by atoms with Crippen molar-refractivity contribution in [2.75, 3.05) is 13.2 Å². The third-order valence-electron chi connectivity index (χ3n) is 8.76. The van der Waals surface area contributed by atoms with E-state index in [-0.39, 0.29) is 40.1 Å². The largest absolute Gasteiger partial charge is 0.458 e. The average Bonchev–Trinajstić information content (AvgIpc) is 3.31. The predicted molar refractivity (Wildman–Crippen MR) is 219 cm³/mol. The van der Waals surface area contributed by atoms with Crippen molar-refractivity contribution in [3.05, 3.63) is 215 Å². The molecule has 6 rings (SSSR count). The van der Waals surface area contributed by atoms with E-state index in [1.807, 2.05) is 6.07 Å². The van der Waals surface area contributed by atoms with E-state index in [4.69, 9.17) is 28.5 Å². The molecule has 60 heavy (non-hydrogen) atoms. The van der Waals surface area contributed by atoms with Gasteiger partial charge in [0.25, 0.3) is 0 Å². The van der Waals surface area contributed by atoms with E-state index in [0.29, 0.717) is 5.56 Å². The van der Waals surface area contributed by atoms with E-state index in [9.17, 15) is 24.0 Å². The number of esters is 5. The number of carbonyl (C=O) groups is 5. The maximum atomic E-state index is 14.0. The molecule has 0 spiro atoms. The second kappa shape index (κ2) is 21.6. The summed E-state index contributed by atoms with van der Waals surface area (Å²) in [5.41, 5.74) is 1.12. The Morgan fingerprint density at radius 1 is 0.417 bits per heavy atom. The summed E-state index contributed by atoms with van der Waals surface area (Å²) in [6.45, 7) is -1.45. The zero-order chi connectivity index (χ0) is 41.9. The summed E-state index contributed by atoms with van der Waals surface area (Å²) in [5, 5.41) is 4.32. The molecule has 6 aromatic carbocycles. The Bertz CT molecular complexity index is 2340. The van der Waals surface area contributed by atoms with E-state index in [1.54, 1.807) is 127 Å². The minimum absolute atomic E-state index is 0.0775. The quantitative estimate of drug-likeness (QED) is 0.0360. The molecule has 12 heteroatoms. The Morgan fingerprint density at radius 2 is 0.783 bits per heavy atom. The van der Waals surface area contributed by atoms with Crippen molar-refractivity contribution in [3.8, 4) is 0 Å². The molecule has 0 aromatic heterocycles. The molecule has 302 valence electrons. The maximum Gasteiger partial charge on any atom is 0.338 e. The molecule has 0 N–H and O–H groups in total. The van der Waals surface area contributed by atoms with Gasteiger partial charge in [-0.2, -0.15) is 0 Å². The van der Waals surface area contributed by atoms with E-state index >= 15 is 0 Å². The van der Waals surface area contributed by atoms with Gasteiger partial charge in [-0.1, -0.05) is 126 Å². The van der Waals surface area contributed by atoms with E-state index in [2.05, 4.69) is 5.16 Å². The topological polar surface area (TPSA) is 153 Å². The highest BCUT2D eigenvalue weighted by atomic mass is 16.6. The predicted octanol–water partition coefficient (Wildman–Crippen LogP) is 7.95. The summed E-state index contributed by atoms with van der Waals surface area (Å²) in [6, 6.07) is 49.0. The smallest absolute Gasteiger partial charge is 0.338 e. The van der Waals surface area contributed by atoms with Crippen LogP contribution in [0.3, 0.4) is 0 Å². The number of ether oxygens (including phenoxy) is 5. The van der Waals surface area contributed by atoms with Crippen LogP contribution in [-0.2, 0) is 35.1 Å². The minimum atomic E-state index is -1.82. The highest BCUT2D eigenvalue weighted by Gasteiger charge is 2.43.